The molecular formula is C18H18BrNO3S. The van der Waals surface area contributed by atoms with Crippen molar-refractivity contribution in [2.24, 2.45) is 0 Å². The molecule has 0 saturated carbocycles. The summed E-state index contributed by atoms with van der Waals surface area (Å²) in [6.07, 6.45) is 0. The number of amides is 1. The van der Waals surface area contributed by atoms with Crippen LogP contribution in [0.3, 0.4) is 0 Å². The van der Waals surface area contributed by atoms with Crippen molar-refractivity contribution in [1.29, 1.82) is 0 Å². The van der Waals surface area contributed by atoms with Gasteiger partial charge in [0.2, 0.25) is 5.91 Å². The monoisotopic (exact) mass is 407 g/mol. The van der Waals surface area contributed by atoms with Gasteiger partial charge in [-0.05, 0) is 36.8 Å². The Morgan fingerprint density at radius 1 is 1.17 bits per heavy atom. The van der Waals surface area contributed by atoms with Crippen LogP contribution >= 0.6 is 27.7 Å². The van der Waals surface area contributed by atoms with E-state index in [0.717, 1.165) is 21.7 Å². The second-order valence-corrected chi connectivity index (χ2v) is 7.67. The maximum atomic E-state index is 12.3. The Hall–Kier alpha value is -1.66. The molecule has 1 atom stereocenters. The van der Waals surface area contributed by atoms with E-state index in [4.69, 9.17) is 9.47 Å². The SMILES string of the molecule is CC(SCc1ccc(Br)cc1)C(=O)Nc1ccc2c(c1)OCCO2. The largest absolute Gasteiger partial charge is 0.486 e. The van der Waals surface area contributed by atoms with Crippen LogP contribution in [0.25, 0.3) is 0 Å². The number of anilines is 1. The second-order valence-electron chi connectivity index (χ2n) is 5.43. The number of carbonyl (C=O) groups excluding carboxylic acids is 1. The molecule has 126 valence electrons. The van der Waals surface area contributed by atoms with Gasteiger partial charge in [0.1, 0.15) is 13.2 Å². The van der Waals surface area contributed by atoms with Gasteiger partial charge in [-0.1, -0.05) is 28.1 Å². The van der Waals surface area contributed by atoms with E-state index in [1.54, 1.807) is 17.8 Å². The summed E-state index contributed by atoms with van der Waals surface area (Å²) in [5.74, 6) is 2.17. The van der Waals surface area contributed by atoms with E-state index in [1.807, 2.05) is 31.2 Å². The Morgan fingerprint density at radius 3 is 2.62 bits per heavy atom. The van der Waals surface area contributed by atoms with Gasteiger partial charge in [-0.2, -0.15) is 0 Å². The molecule has 1 aliphatic rings. The fourth-order valence-electron chi connectivity index (χ4n) is 2.24. The zero-order valence-electron chi connectivity index (χ0n) is 13.3. The lowest BCUT2D eigenvalue weighted by atomic mass is 10.2. The number of halogens is 1. The average Bonchev–Trinajstić information content (AvgIpc) is 2.61. The Bertz CT molecular complexity index is 721. The van der Waals surface area contributed by atoms with Crippen LogP contribution in [0.4, 0.5) is 5.69 Å². The van der Waals surface area contributed by atoms with Gasteiger partial charge in [-0.3, -0.25) is 4.79 Å². The topological polar surface area (TPSA) is 47.6 Å². The number of hydrogen-bond donors (Lipinski definition) is 1. The first-order valence-electron chi connectivity index (χ1n) is 7.68. The molecule has 2 aromatic rings. The van der Waals surface area contributed by atoms with E-state index in [1.165, 1.54) is 5.56 Å². The van der Waals surface area contributed by atoms with Gasteiger partial charge < -0.3 is 14.8 Å². The standard InChI is InChI=1S/C18H18BrNO3S/c1-12(24-11-13-2-4-14(19)5-3-13)18(21)20-15-6-7-16-17(10-15)23-9-8-22-16/h2-7,10,12H,8-9,11H2,1H3,(H,20,21). The van der Waals surface area contributed by atoms with Gasteiger partial charge in [-0.15, -0.1) is 11.8 Å². The van der Waals surface area contributed by atoms with Gasteiger partial charge in [0.15, 0.2) is 11.5 Å². The Morgan fingerprint density at radius 2 is 1.88 bits per heavy atom. The van der Waals surface area contributed by atoms with Crippen molar-refractivity contribution in [3.8, 4) is 11.5 Å². The van der Waals surface area contributed by atoms with Crippen molar-refractivity contribution >= 4 is 39.3 Å². The van der Waals surface area contributed by atoms with E-state index < -0.39 is 0 Å². The number of hydrogen-bond acceptors (Lipinski definition) is 4. The second kappa shape index (κ2) is 7.94. The fourth-order valence-corrected chi connectivity index (χ4v) is 3.35. The Labute approximate surface area is 154 Å². The van der Waals surface area contributed by atoms with Gasteiger partial charge in [-0.25, -0.2) is 0 Å². The van der Waals surface area contributed by atoms with Crippen molar-refractivity contribution in [2.45, 2.75) is 17.9 Å². The summed E-state index contributed by atoms with van der Waals surface area (Å²) < 4.78 is 12.1. The maximum Gasteiger partial charge on any atom is 0.237 e. The average molecular weight is 408 g/mol. The molecule has 1 unspecified atom stereocenters. The van der Waals surface area contributed by atoms with Crippen LogP contribution in [0.15, 0.2) is 46.9 Å². The zero-order chi connectivity index (χ0) is 16.9. The minimum Gasteiger partial charge on any atom is -0.486 e. The molecule has 6 heteroatoms. The fraction of sp³-hybridized carbons (Fsp3) is 0.278. The minimum atomic E-state index is -0.151. The minimum absolute atomic E-state index is 0.0196. The highest BCUT2D eigenvalue weighted by molar-refractivity contribution is 9.10. The van der Waals surface area contributed by atoms with Crippen LogP contribution in [0.5, 0.6) is 11.5 Å². The van der Waals surface area contributed by atoms with E-state index in [2.05, 4.69) is 33.4 Å². The van der Waals surface area contributed by atoms with E-state index in [9.17, 15) is 4.79 Å². The van der Waals surface area contributed by atoms with Crippen LogP contribution in [0, 0.1) is 0 Å². The van der Waals surface area contributed by atoms with Crippen molar-refractivity contribution in [1.82, 2.24) is 0 Å². The molecule has 0 saturated heterocycles. The van der Waals surface area contributed by atoms with E-state index in [0.29, 0.717) is 19.0 Å². The molecule has 1 N–H and O–H groups in total. The molecule has 1 amide bonds. The van der Waals surface area contributed by atoms with Crippen molar-refractivity contribution in [2.75, 3.05) is 18.5 Å². The summed E-state index contributed by atoms with van der Waals surface area (Å²) >= 11 is 5.03. The summed E-state index contributed by atoms with van der Waals surface area (Å²) in [5, 5.41) is 2.78. The number of rotatable bonds is 5. The number of benzene rings is 2. The normalized spacial score (nSPS) is 14.1. The molecule has 0 spiro atoms. The van der Waals surface area contributed by atoms with Crippen LogP contribution < -0.4 is 14.8 Å². The Kier molecular flexibility index (Phi) is 5.68. The summed E-state index contributed by atoms with van der Waals surface area (Å²) in [6, 6.07) is 13.6. The smallest absolute Gasteiger partial charge is 0.237 e. The molecule has 0 bridgehead atoms. The lowest BCUT2D eigenvalue weighted by molar-refractivity contribution is -0.115. The molecule has 3 rings (SSSR count). The molecule has 4 nitrogen and oxygen atoms in total. The van der Waals surface area contributed by atoms with Gasteiger partial charge in [0, 0.05) is 22.0 Å². The summed E-state index contributed by atoms with van der Waals surface area (Å²) in [4.78, 5) is 12.3. The number of ether oxygens (including phenoxy) is 2. The van der Waals surface area contributed by atoms with E-state index >= 15 is 0 Å². The van der Waals surface area contributed by atoms with E-state index in [-0.39, 0.29) is 11.2 Å². The summed E-state index contributed by atoms with van der Waals surface area (Å²) in [6.45, 7) is 3.00. The summed E-state index contributed by atoms with van der Waals surface area (Å²) in [7, 11) is 0. The highest BCUT2D eigenvalue weighted by atomic mass is 79.9. The van der Waals surface area contributed by atoms with Crippen LogP contribution in [-0.2, 0) is 10.5 Å². The number of nitrogens with one attached hydrogen (secondary N) is 1. The summed E-state index contributed by atoms with van der Waals surface area (Å²) in [5.41, 5.74) is 1.92. The third-order valence-electron chi connectivity index (χ3n) is 3.59. The van der Waals surface area contributed by atoms with Crippen LogP contribution in [0.2, 0.25) is 0 Å². The first-order valence-corrected chi connectivity index (χ1v) is 9.52. The van der Waals surface area contributed by atoms with Gasteiger partial charge in [0.25, 0.3) is 0 Å². The predicted molar refractivity (Wildman–Crippen MR) is 101 cm³/mol. The zero-order valence-corrected chi connectivity index (χ0v) is 15.7. The van der Waals surface area contributed by atoms with Gasteiger partial charge in [0.05, 0.1) is 5.25 Å². The van der Waals surface area contributed by atoms with Gasteiger partial charge >= 0.3 is 0 Å². The number of carbonyl (C=O) groups is 1. The molecule has 2 aromatic carbocycles. The molecule has 0 aromatic heterocycles. The molecule has 1 aliphatic heterocycles. The Balaban J connectivity index is 1.55. The van der Waals surface area contributed by atoms with Crippen molar-refractivity contribution < 1.29 is 14.3 Å². The maximum absolute atomic E-state index is 12.3. The highest BCUT2D eigenvalue weighted by Gasteiger charge is 2.16. The molecular weight excluding hydrogens is 390 g/mol. The molecule has 0 fully saturated rings. The van der Waals surface area contributed by atoms with Crippen molar-refractivity contribution in [3.05, 3.63) is 52.5 Å². The number of thioether (sulfide) groups is 1. The molecule has 1 heterocycles. The molecule has 0 aliphatic carbocycles. The van der Waals surface area contributed by atoms with Crippen LogP contribution in [-0.4, -0.2) is 24.4 Å². The highest BCUT2D eigenvalue weighted by Crippen LogP contribution is 2.32. The lowest BCUT2D eigenvalue weighted by Gasteiger charge is -2.19. The van der Waals surface area contributed by atoms with Crippen LogP contribution in [0.1, 0.15) is 12.5 Å². The quantitative estimate of drug-likeness (QED) is 0.793. The third-order valence-corrected chi connectivity index (χ3v) is 5.33. The predicted octanol–water partition coefficient (Wildman–Crippen LogP) is 4.48. The lowest BCUT2D eigenvalue weighted by Crippen LogP contribution is -2.23. The third kappa shape index (κ3) is 4.45. The molecule has 0 radical (unpaired) electrons. The number of fused-ring (bicyclic) bond motifs is 1. The first-order chi connectivity index (χ1) is 11.6. The molecule has 24 heavy (non-hydrogen) atoms. The first kappa shape index (κ1) is 17.2. The van der Waals surface area contributed by atoms with Crippen molar-refractivity contribution in [3.63, 3.8) is 0 Å².